The summed E-state index contributed by atoms with van der Waals surface area (Å²) in [6, 6.07) is 14.1. The lowest BCUT2D eigenvalue weighted by atomic mass is 10.1. The van der Waals surface area contributed by atoms with Crippen LogP contribution in [0.5, 0.6) is 5.75 Å². The molecular weight excluding hydrogens is 574 g/mol. The first kappa shape index (κ1) is 29.6. The molecule has 0 saturated carbocycles. The van der Waals surface area contributed by atoms with Gasteiger partial charge in [-0.05, 0) is 62.6 Å². The fourth-order valence-corrected chi connectivity index (χ4v) is 5.89. The third-order valence-electron chi connectivity index (χ3n) is 5.44. The largest absolute Gasteiger partial charge is 0.494 e. The predicted octanol–water partition coefficient (Wildman–Crippen LogP) is 5.53. The van der Waals surface area contributed by atoms with Crippen LogP contribution in [0.2, 0.25) is 5.02 Å². The molecule has 0 atom stereocenters. The van der Waals surface area contributed by atoms with E-state index < -0.39 is 21.7 Å². The summed E-state index contributed by atoms with van der Waals surface area (Å²) in [4.78, 5) is 21.8. The van der Waals surface area contributed by atoms with E-state index in [1.165, 1.54) is 35.5 Å². The number of hydrogen-bond acceptors (Lipinski definition) is 7. The second-order valence-corrected chi connectivity index (χ2v) is 11.4. The molecular formula is C25H25Cl2FN4O4S2. The highest BCUT2D eigenvalue weighted by atomic mass is 35.5. The number of aromatic nitrogens is 1. The number of methoxy groups -OCH3 is 1. The van der Waals surface area contributed by atoms with Crippen molar-refractivity contribution >= 4 is 72.3 Å². The third kappa shape index (κ3) is 6.36. The molecule has 0 bridgehead atoms. The Bertz CT molecular complexity index is 1550. The van der Waals surface area contributed by atoms with Crippen molar-refractivity contribution in [1.29, 1.82) is 0 Å². The second kappa shape index (κ2) is 12.3. The number of rotatable bonds is 9. The van der Waals surface area contributed by atoms with Gasteiger partial charge in [-0.25, -0.2) is 17.8 Å². The van der Waals surface area contributed by atoms with Crippen LogP contribution in [0, 0.1) is 5.82 Å². The first-order valence-corrected chi connectivity index (χ1v) is 13.8. The summed E-state index contributed by atoms with van der Waals surface area (Å²) < 4.78 is 47.8. The molecule has 0 aliphatic heterocycles. The minimum absolute atomic E-state index is 0. The number of likely N-dealkylation sites (N-methyl/N-ethyl adjacent to an activating group) is 1. The maximum absolute atomic E-state index is 13.9. The minimum Gasteiger partial charge on any atom is -0.494 e. The van der Waals surface area contributed by atoms with Crippen molar-refractivity contribution in [2.45, 2.75) is 4.90 Å². The van der Waals surface area contributed by atoms with Crippen molar-refractivity contribution < 1.29 is 22.3 Å². The number of ether oxygens (including phenoxy) is 1. The van der Waals surface area contributed by atoms with E-state index in [2.05, 4.69) is 9.71 Å². The van der Waals surface area contributed by atoms with Crippen LogP contribution in [0.4, 0.5) is 15.2 Å². The smallest absolute Gasteiger partial charge is 0.262 e. The number of para-hydroxylation sites is 1. The van der Waals surface area contributed by atoms with Gasteiger partial charge >= 0.3 is 0 Å². The molecule has 1 N–H and O–H groups in total. The van der Waals surface area contributed by atoms with E-state index >= 15 is 0 Å². The van der Waals surface area contributed by atoms with E-state index in [9.17, 15) is 17.6 Å². The first-order chi connectivity index (χ1) is 17.6. The molecule has 13 heteroatoms. The van der Waals surface area contributed by atoms with E-state index in [1.54, 1.807) is 24.3 Å². The summed E-state index contributed by atoms with van der Waals surface area (Å²) >= 11 is 7.64. The van der Waals surface area contributed by atoms with Gasteiger partial charge in [-0.3, -0.25) is 14.4 Å². The molecule has 4 rings (SSSR count). The van der Waals surface area contributed by atoms with Crippen LogP contribution in [-0.4, -0.2) is 58.5 Å². The molecule has 8 nitrogen and oxygen atoms in total. The molecule has 38 heavy (non-hydrogen) atoms. The minimum atomic E-state index is -4.08. The van der Waals surface area contributed by atoms with Crippen LogP contribution in [0.25, 0.3) is 10.2 Å². The highest BCUT2D eigenvalue weighted by Crippen LogP contribution is 2.39. The SMILES string of the molecule is COc1ccc(Cl)c2sc(N(CCN(C)C)C(=O)c3ccccc3NS(=O)(=O)c3ccc(F)cc3)nc12.Cl. The van der Waals surface area contributed by atoms with Crippen LogP contribution < -0.4 is 14.4 Å². The van der Waals surface area contributed by atoms with Gasteiger partial charge < -0.3 is 9.64 Å². The van der Waals surface area contributed by atoms with Gasteiger partial charge in [0.1, 0.15) is 17.1 Å². The average Bonchev–Trinajstić information content (AvgIpc) is 3.30. The molecule has 3 aromatic carbocycles. The van der Waals surface area contributed by atoms with Crippen LogP contribution in [-0.2, 0) is 10.0 Å². The maximum Gasteiger partial charge on any atom is 0.262 e. The van der Waals surface area contributed by atoms with Crippen molar-refractivity contribution in [3.8, 4) is 5.75 Å². The number of nitrogens with one attached hydrogen (secondary N) is 1. The Kier molecular flexibility index (Phi) is 9.55. The first-order valence-electron chi connectivity index (χ1n) is 11.1. The zero-order valence-corrected chi connectivity index (χ0v) is 23.8. The lowest BCUT2D eigenvalue weighted by Crippen LogP contribution is -2.37. The molecule has 1 heterocycles. The molecule has 0 radical (unpaired) electrons. The molecule has 0 saturated heterocycles. The number of sulfonamides is 1. The van der Waals surface area contributed by atoms with E-state index in [-0.39, 0.29) is 35.1 Å². The Morgan fingerprint density at radius 1 is 1.08 bits per heavy atom. The summed E-state index contributed by atoms with van der Waals surface area (Å²) in [5.41, 5.74) is 0.746. The number of thiazole rings is 1. The number of amides is 1. The van der Waals surface area contributed by atoms with E-state index in [1.807, 2.05) is 19.0 Å². The molecule has 0 fully saturated rings. The Morgan fingerprint density at radius 2 is 1.76 bits per heavy atom. The van der Waals surface area contributed by atoms with Gasteiger partial charge in [-0.15, -0.1) is 12.4 Å². The Labute approximate surface area is 235 Å². The van der Waals surface area contributed by atoms with Gasteiger partial charge in [0.2, 0.25) is 0 Å². The van der Waals surface area contributed by atoms with E-state index in [0.717, 1.165) is 24.3 Å². The van der Waals surface area contributed by atoms with E-state index in [4.69, 9.17) is 16.3 Å². The third-order valence-corrected chi connectivity index (χ3v) is 8.36. The van der Waals surface area contributed by atoms with Crippen molar-refractivity contribution in [2.24, 2.45) is 0 Å². The van der Waals surface area contributed by atoms with Gasteiger partial charge in [0.05, 0.1) is 33.0 Å². The van der Waals surface area contributed by atoms with Gasteiger partial charge in [-0.1, -0.05) is 35.1 Å². The van der Waals surface area contributed by atoms with Gasteiger partial charge in [-0.2, -0.15) is 0 Å². The molecule has 4 aromatic rings. The van der Waals surface area contributed by atoms with Crippen LogP contribution >= 0.6 is 35.3 Å². The van der Waals surface area contributed by atoms with Crippen molar-refractivity contribution in [2.75, 3.05) is 43.9 Å². The number of fused-ring (bicyclic) bond motifs is 1. The molecule has 0 spiro atoms. The van der Waals surface area contributed by atoms with Crippen molar-refractivity contribution in [1.82, 2.24) is 9.88 Å². The summed E-state index contributed by atoms with van der Waals surface area (Å²) in [5.74, 6) is -0.485. The highest BCUT2D eigenvalue weighted by Gasteiger charge is 2.26. The molecule has 0 aliphatic rings. The average molecular weight is 600 g/mol. The number of carbonyl (C=O) groups excluding carboxylic acids is 1. The molecule has 1 aromatic heterocycles. The lowest BCUT2D eigenvalue weighted by Gasteiger charge is -2.23. The van der Waals surface area contributed by atoms with Crippen molar-refractivity contribution in [3.63, 3.8) is 0 Å². The van der Waals surface area contributed by atoms with Crippen LogP contribution in [0.15, 0.2) is 65.6 Å². The topological polar surface area (TPSA) is 91.8 Å². The predicted molar refractivity (Wildman–Crippen MR) is 152 cm³/mol. The quantitative estimate of drug-likeness (QED) is 0.272. The lowest BCUT2D eigenvalue weighted by molar-refractivity contribution is 0.0986. The normalized spacial score (nSPS) is 11.3. The monoisotopic (exact) mass is 598 g/mol. The number of nitrogens with zero attached hydrogens (tertiary/aromatic N) is 3. The van der Waals surface area contributed by atoms with Crippen LogP contribution in [0.1, 0.15) is 10.4 Å². The number of carbonyl (C=O) groups is 1. The molecule has 202 valence electrons. The van der Waals surface area contributed by atoms with Gasteiger partial charge in [0, 0.05) is 13.1 Å². The molecule has 1 amide bonds. The number of benzene rings is 3. The zero-order chi connectivity index (χ0) is 26.7. The fraction of sp³-hybridized carbons (Fsp3) is 0.200. The molecule has 0 aliphatic carbocycles. The number of halogens is 3. The summed E-state index contributed by atoms with van der Waals surface area (Å²) in [5, 5.41) is 0.872. The summed E-state index contributed by atoms with van der Waals surface area (Å²) in [6.45, 7) is 0.806. The highest BCUT2D eigenvalue weighted by molar-refractivity contribution is 7.92. The van der Waals surface area contributed by atoms with Crippen LogP contribution in [0.3, 0.4) is 0 Å². The van der Waals surface area contributed by atoms with E-state index in [0.29, 0.717) is 32.7 Å². The fourth-order valence-electron chi connectivity index (χ4n) is 3.53. The second-order valence-electron chi connectivity index (χ2n) is 8.29. The summed E-state index contributed by atoms with van der Waals surface area (Å²) in [6.07, 6.45) is 0. The Morgan fingerprint density at radius 3 is 2.42 bits per heavy atom. The standard InChI is InChI=1S/C25H24ClFN4O4S2.ClH/c1-30(2)14-15-31(25-28-22-21(35-3)13-12-19(26)23(22)36-25)24(32)18-6-4-5-7-20(18)29-37(33,34)17-10-8-16(27)9-11-17;/h4-13,29H,14-15H2,1-3H3;1H. The van der Waals surface area contributed by atoms with Gasteiger partial charge in [0.25, 0.3) is 15.9 Å². The zero-order valence-electron chi connectivity index (χ0n) is 20.6. The number of anilines is 2. The number of hydrogen-bond donors (Lipinski definition) is 1. The van der Waals surface area contributed by atoms with Crippen molar-refractivity contribution in [3.05, 3.63) is 77.1 Å². The summed E-state index contributed by atoms with van der Waals surface area (Å²) in [7, 11) is 1.21. The Balaban J connectivity index is 0.00000400. The maximum atomic E-state index is 13.9. The van der Waals surface area contributed by atoms with Gasteiger partial charge in [0.15, 0.2) is 5.13 Å². The molecule has 0 unspecified atom stereocenters. The Hall–Kier alpha value is -2.96.